The minimum Gasteiger partial charge on any atom is -0.456 e. The maximum absolute atomic E-state index is 10.2. The van der Waals surface area contributed by atoms with Crippen LogP contribution in [0.1, 0.15) is 41.5 Å². The second-order valence-corrected chi connectivity index (χ2v) is 35.2. The molecule has 0 radical (unpaired) electrons. The molecule has 416 valence electrons. The summed E-state index contributed by atoms with van der Waals surface area (Å²) in [6.45, 7) is 22.2. The molecule has 2 aromatic heterocycles. The van der Waals surface area contributed by atoms with Gasteiger partial charge in [0.25, 0.3) is 12.0 Å². The molecular weight excluding hydrogens is 1070 g/mol. The summed E-state index contributed by atoms with van der Waals surface area (Å²) < 4.78 is 46.1. The summed E-state index contributed by atoms with van der Waals surface area (Å²) in [6.07, 6.45) is -2.94. The summed E-state index contributed by atoms with van der Waals surface area (Å²) in [6, 6.07) is 46.9. The Kier molecular flexibility index (Phi) is 16.7. The zero-order valence-corrected chi connectivity index (χ0v) is 50.0. The van der Waals surface area contributed by atoms with Crippen molar-refractivity contribution in [3.63, 3.8) is 0 Å². The Balaban J connectivity index is 0.000000195. The fourth-order valence-electron chi connectivity index (χ4n) is 10.9. The van der Waals surface area contributed by atoms with Gasteiger partial charge in [0, 0.05) is 35.9 Å². The Bertz CT molecular complexity index is 3350. The lowest BCUT2D eigenvalue weighted by molar-refractivity contribution is -0.0659. The Morgan fingerprint density at radius 3 is 1.77 bits per heavy atom. The zero-order chi connectivity index (χ0) is 55.9. The lowest BCUT2D eigenvalue weighted by atomic mass is 10.00. The number of fused-ring (bicyclic) bond motifs is 3. The van der Waals surface area contributed by atoms with Crippen LogP contribution >= 0.6 is 23.2 Å². The van der Waals surface area contributed by atoms with Crippen LogP contribution in [0, 0.1) is 0 Å². The number of benzene rings is 6. The molecule has 3 aliphatic rings. The van der Waals surface area contributed by atoms with E-state index < -0.39 is 34.9 Å². The van der Waals surface area contributed by atoms with Crippen molar-refractivity contribution in [3.8, 4) is 56.5 Å². The van der Waals surface area contributed by atoms with Crippen molar-refractivity contribution in [2.45, 2.75) is 121 Å². The van der Waals surface area contributed by atoms with Gasteiger partial charge in [0.1, 0.15) is 31.1 Å². The number of nitrogens with zero attached hydrogens (tertiary/aromatic N) is 3. The molecule has 8 aromatic rings. The third kappa shape index (κ3) is 12.3. The molecule has 3 N–H and O–H groups in total. The molecule has 0 amide bonds. The van der Waals surface area contributed by atoms with E-state index in [9.17, 15) is 10.2 Å². The highest BCUT2D eigenvalue weighted by Crippen LogP contribution is 2.55. The van der Waals surface area contributed by atoms with Crippen LogP contribution in [0.15, 0.2) is 133 Å². The van der Waals surface area contributed by atoms with Gasteiger partial charge in [0.15, 0.2) is 12.2 Å². The fraction of sp³-hybridized carbons (Fsp3) is 0.387. The molecule has 3 aliphatic heterocycles. The molecule has 17 heteroatoms. The minimum atomic E-state index is -2.72. The molecular formula is C62H72Cl2N4O9Si2. The van der Waals surface area contributed by atoms with Gasteiger partial charge >= 0.3 is 8.56 Å². The lowest BCUT2D eigenvalue weighted by Crippen LogP contribution is -2.65. The van der Waals surface area contributed by atoms with E-state index in [1.165, 1.54) is 5.56 Å². The monoisotopic (exact) mass is 1140 g/mol. The van der Waals surface area contributed by atoms with Gasteiger partial charge < -0.3 is 47.7 Å². The topological polar surface area (TPSA) is 152 Å². The average molecular weight is 1140 g/mol. The summed E-state index contributed by atoms with van der Waals surface area (Å²) >= 11 is 13.6. The highest BCUT2D eigenvalue weighted by Gasteiger charge is 2.64. The second kappa shape index (κ2) is 23.2. The predicted molar refractivity (Wildman–Crippen MR) is 319 cm³/mol. The maximum Gasteiger partial charge on any atom is 0.349 e. The number of hydrogen-bond acceptors (Lipinski definition) is 11. The van der Waals surface area contributed by atoms with Crippen LogP contribution in [0.25, 0.3) is 66.6 Å². The number of halogens is 2. The van der Waals surface area contributed by atoms with Crippen LogP contribution in [0.4, 0.5) is 0 Å². The normalized spacial score (nSPS) is 21.2. The summed E-state index contributed by atoms with van der Waals surface area (Å²) in [5, 5.41) is 20.3. The van der Waals surface area contributed by atoms with E-state index >= 15 is 0 Å². The first-order chi connectivity index (χ1) is 37.7. The van der Waals surface area contributed by atoms with E-state index in [4.69, 9.17) is 60.7 Å². The number of imidazole rings is 2. The van der Waals surface area contributed by atoms with Gasteiger partial charge in [-0.25, -0.2) is 0 Å². The number of ether oxygens (including phenoxy) is 5. The van der Waals surface area contributed by atoms with Gasteiger partial charge in [0.05, 0.1) is 58.5 Å². The highest BCUT2D eigenvalue weighted by molar-refractivity contribution is 6.76. The minimum absolute atomic E-state index is 0.146. The number of aromatic nitrogens is 4. The molecule has 0 saturated carbocycles. The molecule has 11 rings (SSSR count). The molecule has 3 saturated heterocycles. The van der Waals surface area contributed by atoms with Gasteiger partial charge in [-0.3, -0.25) is 4.57 Å². The van der Waals surface area contributed by atoms with Crippen molar-refractivity contribution in [1.29, 1.82) is 0 Å². The number of hydrogen-bond donors (Lipinski definition) is 3. The highest BCUT2D eigenvalue weighted by atomic mass is 35.5. The zero-order valence-electron chi connectivity index (χ0n) is 46.5. The number of nitrogens with one attached hydrogen (secondary N) is 1. The van der Waals surface area contributed by atoms with Crippen LogP contribution in [0.3, 0.4) is 0 Å². The van der Waals surface area contributed by atoms with Crippen molar-refractivity contribution < 1.29 is 42.7 Å². The Morgan fingerprint density at radius 1 is 0.671 bits per heavy atom. The number of aliphatic hydroxyl groups excluding tert-OH is 2. The van der Waals surface area contributed by atoms with E-state index in [-0.39, 0.29) is 47.6 Å². The number of H-pyrrole nitrogens is 1. The van der Waals surface area contributed by atoms with Gasteiger partial charge in [-0.1, -0.05) is 194 Å². The second-order valence-electron chi connectivity index (χ2n) is 24.0. The van der Waals surface area contributed by atoms with Crippen molar-refractivity contribution in [1.82, 2.24) is 19.5 Å². The smallest absolute Gasteiger partial charge is 0.349 e. The molecule has 5 heterocycles. The van der Waals surface area contributed by atoms with Gasteiger partial charge in [-0.15, -0.1) is 0 Å². The molecule has 6 aromatic carbocycles. The van der Waals surface area contributed by atoms with Gasteiger partial charge in [-0.2, -0.15) is 9.97 Å². The first kappa shape index (κ1) is 56.9. The average Bonchev–Trinajstić information content (AvgIpc) is 4.43. The van der Waals surface area contributed by atoms with E-state index in [2.05, 4.69) is 150 Å². The Labute approximate surface area is 475 Å². The Hall–Kier alpha value is -5.41. The predicted octanol–water partition coefficient (Wildman–Crippen LogP) is 14.0. The van der Waals surface area contributed by atoms with Crippen LogP contribution < -0.4 is 9.47 Å². The third-order valence-corrected chi connectivity index (χ3v) is 22.5. The summed E-state index contributed by atoms with van der Waals surface area (Å²) in [5.74, 6) is 0. The van der Waals surface area contributed by atoms with Crippen molar-refractivity contribution >= 4 is 61.9 Å². The first-order valence-corrected chi connectivity index (χ1v) is 33.4. The van der Waals surface area contributed by atoms with E-state index in [0.29, 0.717) is 48.1 Å². The van der Waals surface area contributed by atoms with Crippen LogP contribution in [0.2, 0.25) is 45.8 Å². The van der Waals surface area contributed by atoms with Crippen molar-refractivity contribution in [3.05, 3.63) is 144 Å². The first-order valence-electron chi connectivity index (χ1n) is 27.1. The quantitative estimate of drug-likeness (QED) is 0.0705. The van der Waals surface area contributed by atoms with Crippen LogP contribution in [0.5, 0.6) is 12.0 Å². The maximum atomic E-state index is 10.2. The Morgan fingerprint density at radius 2 is 1.22 bits per heavy atom. The molecule has 79 heavy (non-hydrogen) atoms. The third-order valence-electron chi connectivity index (χ3n) is 15.0. The number of aromatic amines is 1. The lowest BCUT2D eigenvalue weighted by Gasteiger charge is -2.53. The SMILES string of the molecule is CC(C)(C)[Si]1(C(C)(C)C)OC[C@H]2OC[C@@H](Oc3nc4cc(-c5ccc(-c6ccccc6)cc5)c(Cl)cc4n3COCC[Si](C)(C)C)[C@@H]2O1.OC[C@H]1OC[C@@H](Oc2nc3cc(-c4ccc(-c5ccccc5)cc4)c(Cl)cc3[nH]2)[C@@H]1O. The summed E-state index contributed by atoms with van der Waals surface area (Å²) in [7, 11) is -3.99. The van der Waals surface area contributed by atoms with E-state index in [0.717, 1.165) is 61.5 Å². The van der Waals surface area contributed by atoms with Crippen molar-refractivity contribution in [2.75, 3.05) is 33.0 Å². The molecule has 13 nitrogen and oxygen atoms in total. The van der Waals surface area contributed by atoms with E-state index in [1.54, 1.807) is 0 Å². The molecule has 0 aliphatic carbocycles. The fourth-order valence-corrected chi connectivity index (χ4v) is 17.2. The molecule has 6 atom stereocenters. The van der Waals surface area contributed by atoms with Gasteiger partial charge in [0.2, 0.25) is 0 Å². The molecule has 0 spiro atoms. The van der Waals surface area contributed by atoms with E-state index in [1.807, 2.05) is 59.2 Å². The summed E-state index contributed by atoms with van der Waals surface area (Å²) in [5.41, 5.74) is 11.5. The molecule has 0 unspecified atom stereocenters. The van der Waals surface area contributed by atoms with Gasteiger partial charge in [-0.05, 0) is 63.7 Å². The van der Waals surface area contributed by atoms with Crippen LogP contribution in [-0.4, -0.2) is 116 Å². The molecule has 3 fully saturated rings. The van der Waals surface area contributed by atoms with Crippen molar-refractivity contribution in [2.24, 2.45) is 0 Å². The number of aliphatic hydroxyl groups is 2. The largest absolute Gasteiger partial charge is 0.456 e. The summed E-state index contributed by atoms with van der Waals surface area (Å²) in [4.78, 5) is 12.6. The number of rotatable bonds is 14. The standard InChI is InChI=1S/C38H51ClN2O5Si2.C24H21ClN2O4/c1-37(2,3)48(38(4,5)6)44-24-33-35(46-48)34(23-43-33)45-36-40-31-21-29(28-17-15-27(16-18-28)26-13-11-10-12-14-26)30(39)22-32(31)41(36)25-42-19-20-47(7,8)9;25-18-11-20-19(26-24(27-20)31-22-13-30-21(12-28)23(22)29)10-17(18)16-8-6-15(7-9-16)14-4-2-1-3-5-14/h10-18,21-22,33-35H,19-20,23-25H2,1-9H3;1-11,21-23,28-29H,12-13H2,(H,26,27)/t33-,34-,35-;21-,22-,23-/m11/s1. The molecule has 0 bridgehead atoms. The van der Waals surface area contributed by atoms with Crippen LogP contribution in [-0.2, 0) is 29.8 Å².